The molecule has 1 aliphatic heterocycles. The molecule has 1 atom stereocenters. The third-order valence-corrected chi connectivity index (χ3v) is 6.32. The molecule has 9 nitrogen and oxygen atoms in total. The van der Waals surface area contributed by atoms with Crippen molar-refractivity contribution < 1.29 is 33.1 Å². The highest BCUT2D eigenvalue weighted by atomic mass is 32.1. The molecular weight excluding hydrogens is 467 g/mol. The monoisotopic (exact) mass is 490 g/mol. The number of thiazole rings is 1. The Labute approximate surface area is 194 Å². The van der Waals surface area contributed by atoms with Crippen molar-refractivity contribution in [1.29, 1.82) is 0 Å². The minimum absolute atomic E-state index is 0.0255. The average Bonchev–Trinajstić information content (AvgIpc) is 3.24. The van der Waals surface area contributed by atoms with E-state index in [1.807, 2.05) is 24.3 Å². The van der Waals surface area contributed by atoms with Crippen molar-refractivity contribution in [2.75, 3.05) is 13.2 Å². The molecule has 0 bridgehead atoms. The normalized spacial score (nSPS) is 15.4. The summed E-state index contributed by atoms with van der Waals surface area (Å²) in [5.41, 5.74) is 3.61. The number of aryl methyl sites for hydroxylation is 2. The topological polar surface area (TPSA) is 127 Å². The number of carbonyl (C=O) groups excluding carboxylic acids is 1. The highest BCUT2D eigenvalue weighted by Crippen LogP contribution is 2.38. The first-order valence-corrected chi connectivity index (χ1v) is 12.7. The molecule has 0 aliphatic carbocycles. The van der Waals surface area contributed by atoms with E-state index in [4.69, 9.17) is 19.3 Å². The number of benzene rings is 2. The zero-order valence-electron chi connectivity index (χ0n) is 17.8. The second-order valence-electron chi connectivity index (χ2n) is 7.45. The van der Waals surface area contributed by atoms with Crippen molar-refractivity contribution in [2.24, 2.45) is 0 Å². The van der Waals surface area contributed by atoms with Crippen molar-refractivity contribution in [3.63, 3.8) is 0 Å². The number of hydrogen-bond donors (Lipinski definition) is 3. The summed E-state index contributed by atoms with van der Waals surface area (Å²) in [5.74, 6) is 0.943. The van der Waals surface area contributed by atoms with Gasteiger partial charge in [0, 0.05) is 11.9 Å². The number of hydrogen-bond acceptors (Lipinski definition) is 7. The van der Waals surface area contributed by atoms with Crippen LogP contribution < -0.4 is 14.8 Å². The third kappa shape index (κ3) is 6.19. The van der Waals surface area contributed by atoms with Gasteiger partial charge in [0.05, 0.1) is 6.61 Å². The number of nitrogens with zero attached hydrogens (tertiary/aromatic N) is 1. The maximum Gasteiger partial charge on any atom is 0.469 e. The van der Waals surface area contributed by atoms with Crippen LogP contribution in [0, 0.1) is 6.92 Å². The second-order valence-corrected chi connectivity index (χ2v) is 9.51. The van der Waals surface area contributed by atoms with E-state index in [0.717, 1.165) is 24.2 Å². The van der Waals surface area contributed by atoms with E-state index < -0.39 is 13.7 Å². The Morgan fingerprint density at radius 3 is 2.91 bits per heavy atom. The lowest BCUT2D eigenvalue weighted by Gasteiger charge is -2.27. The quantitative estimate of drug-likeness (QED) is 0.318. The van der Waals surface area contributed by atoms with Crippen LogP contribution >= 0.6 is 19.2 Å². The number of ether oxygens (including phenoxy) is 2. The Bertz CT molecular complexity index is 1190. The standard InChI is InChI=1S/C22H23N2O7PS/c1-14-4-2-3-5-17(14)20-8-6-15-12-16(7-9-19(15)31-20)30-22-24-18(13-33-22)21(25)23-10-11-29-32(26,27)28/h2-5,7,9,12-13,20H,6,8,10-11H2,1H3,(H,23,25)(H2,26,27,28)/t20-/m0/s1. The molecule has 0 spiro atoms. The first-order valence-electron chi connectivity index (χ1n) is 10.3. The lowest BCUT2D eigenvalue weighted by molar-refractivity contribution is 0.0936. The molecule has 3 aromatic rings. The molecule has 1 amide bonds. The lowest BCUT2D eigenvalue weighted by Crippen LogP contribution is -2.27. The number of aromatic nitrogens is 1. The van der Waals surface area contributed by atoms with Gasteiger partial charge in [-0.3, -0.25) is 9.32 Å². The van der Waals surface area contributed by atoms with Crippen molar-refractivity contribution in [3.8, 4) is 16.7 Å². The molecule has 4 rings (SSSR count). The molecule has 174 valence electrons. The third-order valence-electron chi connectivity index (χ3n) is 5.08. The minimum Gasteiger partial charge on any atom is -0.485 e. The fourth-order valence-corrected chi connectivity index (χ4v) is 4.52. The van der Waals surface area contributed by atoms with Gasteiger partial charge < -0.3 is 24.6 Å². The summed E-state index contributed by atoms with van der Waals surface area (Å²) >= 11 is 1.17. The molecule has 3 N–H and O–H groups in total. The van der Waals surface area contributed by atoms with Gasteiger partial charge in [0.25, 0.3) is 11.1 Å². The van der Waals surface area contributed by atoms with Crippen LogP contribution in [-0.2, 0) is 15.5 Å². The van der Waals surface area contributed by atoms with Crippen molar-refractivity contribution in [1.82, 2.24) is 10.3 Å². The summed E-state index contributed by atoms with van der Waals surface area (Å²) in [6.07, 6.45) is 1.75. The highest BCUT2D eigenvalue weighted by Gasteiger charge is 2.23. The number of fused-ring (bicyclic) bond motifs is 1. The molecule has 0 fully saturated rings. The summed E-state index contributed by atoms with van der Waals surface area (Å²) < 4.78 is 27.0. The fraction of sp³-hybridized carbons (Fsp3) is 0.273. The summed E-state index contributed by atoms with van der Waals surface area (Å²) in [4.78, 5) is 33.5. The highest BCUT2D eigenvalue weighted by molar-refractivity contribution is 7.46. The molecule has 1 aliphatic rings. The fourth-order valence-electron chi connectivity index (χ4n) is 3.52. The van der Waals surface area contributed by atoms with E-state index >= 15 is 0 Å². The van der Waals surface area contributed by atoms with E-state index in [1.54, 1.807) is 11.4 Å². The maximum atomic E-state index is 12.1. The van der Waals surface area contributed by atoms with Gasteiger partial charge in [-0.25, -0.2) is 4.57 Å². The van der Waals surface area contributed by atoms with Gasteiger partial charge >= 0.3 is 7.82 Å². The maximum absolute atomic E-state index is 12.1. The van der Waals surface area contributed by atoms with Crippen molar-refractivity contribution in [2.45, 2.75) is 25.9 Å². The first kappa shape index (κ1) is 23.4. The van der Waals surface area contributed by atoms with Crippen LogP contribution in [0.5, 0.6) is 16.7 Å². The largest absolute Gasteiger partial charge is 0.485 e. The molecule has 2 heterocycles. The van der Waals surface area contributed by atoms with Crippen molar-refractivity contribution in [3.05, 3.63) is 70.2 Å². The smallest absolute Gasteiger partial charge is 0.469 e. The number of amides is 1. The summed E-state index contributed by atoms with van der Waals surface area (Å²) in [6.45, 7) is 1.71. The zero-order chi connectivity index (χ0) is 23.4. The van der Waals surface area contributed by atoms with E-state index in [0.29, 0.717) is 10.9 Å². The van der Waals surface area contributed by atoms with E-state index in [-0.39, 0.29) is 24.9 Å². The number of nitrogens with one attached hydrogen (secondary N) is 1. The van der Waals surface area contributed by atoms with Gasteiger partial charge in [-0.15, -0.1) is 0 Å². The molecule has 11 heteroatoms. The van der Waals surface area contributed by atoms with Crippen LogP contribution in [-0.4, -0.2) is 33.8 Å². The van der Waals surface area contributed by atoms with Crippen LogP contribution in [0.25, 0.3) is 0 Å². The van der Waals surface area contributed by atoms with Gasteiger partial charge in [-0.1, -0.05) is 35.6 Å². The van der Waals surface area contributed by atoms with Gasteiger partial charge in [-0.2, -0.15) is 4.98 Å². The van der Waals surface area contributed by atoms with Gasteiger partial charge in [0.1, 0.15) is 23.3 Å². The first-order chi connectivity index (χ1) is 15.8. The molecule has 0 unspecified atom stereocenters. The van der Waals surface area contributed by atoms with Crippen LogP contribution in [0.1, 0.15) is 39.7 Å². The Kier molecular flexibility index (Phi) is 7.11. The van der Waals surface area contributed by atoms with Gasteiger partial charge in [0.15, 0.2) is 0 Å². The van der Waals surface area contributed by atoms with Crippen LogP contribution in [0.2, 0.25) is 0 Å². The molecular formula is C22H23N2O7PS. The molecule has 0 saturated carbocycles. The number of phosphoric ester groups is 1. The van der Waals surface area contributed by atoms with E-state index in [1.165, 1.54) is 22.5 Å². The molecule has 0 radical (unpaired) electrons. The molecule has 2 aromatic carbocycles. The van der Waals surface area contributed by atoms with Crippen LogP contribution in [0.3, 0.4) is 0 Å². The Balaban J connectivity index is 1.34. The number of carbonyl (C=O) groups is 1. The van der Waals surface area contributed by atoms with Gasteiger partial charge in [0.2, 0.25) is 0 Å². The molecule has 1 aromatic heterocycles. The lowest BCUT2D eigenvalue weighted by atomic mass is 9.95. The zero-order valence-corrected chi connectivity index (χ0v) is 19.5. The number of rotatable bonds is 8. The number of phosphoric acid groups is 1. The Hall–Kier alpha value is -2.75. The second kappa shape index (κ2) is 10.0. The Morgan fingerprint density at radius 2 is 2.12 bits per heavy atom. The molecule has 33 heavy (non-hydrogen) atoms. The van der Waals surface area contributed by atoms with Crippen LogP contribution in [0.4, 0.5) is 0 Å². The molecule has 0 saturated heterocycles. The minimum atomic E-state index is -4.56. The summed E-state index contributed by atoms with van der Waals surface area (Å²) in [7, 11) is -4.56. The SMILES string of the molecule is Cc1ccccc1[C@@H]1CCc2cc(Oc3nc(C(=O)NCCOP(=O)(O)O)cs3)ccc2O1. The van der Waals surface area contributed by atoms with Gasteiger partial charge in [-0.05, 0) is 54.7 Å². The predicted molar refractivity (Wildman–Crippen MR) is 122 cm³/mol. The van der Waals surface area contributed by atoms with Crippen LogP contribution in [0.15, 0.2) is 47.8 Å². The predicted octanol–water partition coefficient (Wildman–Crippen LogP) is 4.15. The summed E-state index contributed by atoms with van der Waals surface area (Å²) in [6, 6.07) is 13.8. The van der Waals surface area contributed by atoms with E-state index in [2.05, 4.69) is 33.9 Å². The van der Waals surface area contributed by atoms with E-state index in [9.17, 15) is 9.36 Å². The average molecular weight is 490 g/mol. The Morgan fingerprint density at radius 1 is 1.30 bits per heavy atom. The summed E-state index contributed by atoms with van der Waals surface area (Å²) in [5, 5.41) is 4.33. The van der Waals surface area contributed by atoms with Crippen molar-refractivity contribution >= 4 is 25.1 Å².